The van der Waals surface area contributed by atoms with Gasteiger partial charge in [0.1, 0.15) is 0 Å². The molecule has 0 bridgehead atoms. The molecule has 0 aliphatic heterocycles. The lowest BCUT2D eigenvalue weighted by molar-refractivity contribution is -0.459. The second-order valence-electron chi connectivity index (χ2n) is 6.11. The molecule has 0 spiro atoms. The van der Waals surface area contributed by atoms with Crippen molar-refractivity contribution in [2.24, 2.45) is 0 Å². The number of allylic oxidation sites excluding steroid dienone is 2. The van der Waals surface area contributed by atoms with Crippen molar-refractivity contribution in [3.05, 3.63) is 12.2 Å². The van der Waals surface area contributed by atoms with Gasteiger partial charge in [-0.15, -0.1) is 0 Å². The van der Waals surface area contributed by atoms with Crippen molar-refractivity contribution in [3.63, 3.8) is 0 Å². The van der Waals surface area contributed by atoms with E-state index in [0.717, 1.165) is 0 Å². The van der Waals surface area contributed by atoms with Crippen LogP contribution in [0.4, 0.5) is 74.6 Å². The van der Waals surface area contributed by atoms with E-state index in [4.69, 9.17) is 0 Å². The molecule has 0 saturated carbocycles. The van der Waals surface area contributed by atoms with Crippen LogP contribution in [0.25, 0.3) is 0 Å². The van der Waals surface area contributed by atoms with Gasteiger partial charge in [0.25, 0.3) is 0 Å². The molecular formula is C14H11F17. The van der Waals surface area contributed by atoms with Gasteiger partial charge < -0.3 is 0 Å². The first kappa shape index (κ1) is 29.5. The predicted molar refractivity (Wildman–Crippen MR) is 69.3 cm³/mol. The van der Waals surface area contributed by atoms with E-state index in [2.05, 4.69) is 0 Å². The SMILES string of the molecule is CCCC/C=C/C(F)(F)C(F)(F)C(F)(F)C(F)(F)C(F)(F)C(F)(F)C(F)(F)C(F)(F)F. The van der Waals surface area contributed by atoms with Gasteiger partial charge in [0.15, 0.2) is 0 Å². The lowest BCUT2D eigenvalue weighted by atomic mass is 9.89. The van der Waals surface area contributed by atoms with Gasteiger partial charge in [0.2, 0.25) is 0 Å². The molecule has 186 valence electrons. The monoisotopic (exact) mass is 502 g/mol. The summed E-state index contributed by atoms with van der Waals surface area (Å²) in [6.45, 7) is 1.42. The summed E-state index contributed by atoms with van der Waals surface area (Å²) in [4.78, 5) is 0. The first-order valence-electron chi connectivity index (χ1n) is 7.70. The maximum absolute atomic E-state index is 13.4. The number of rotatable bonds is 10. The molecule has 17 heteroatoms. The molecule has 0 radical (unpaired) electrons. The summed E-state index contributed by atoms with van der Waals surface area (Å²) in [6, 6.07) is 0. The van der Waals surface area contributed by atoms with Crippen molar-refractivity contribution < 1.29 is 74.6 Å². The van der Waals surface area contributed by atoms with Crippen LogP contribution in [0.2, 0.25) is 0 Å². The molecule has 0 nitrogen and oxygen atoms in total. The lowest BCUT2D eigenvalue weighted by Crippen LogP contribution is -2.74. The number of unbranched alkanes of at least 4 members (excludes halogenated alkanes) is 2. The molecule has 0 N–H and O–H groups in total. The Balaban J connectivity index is 6.53. The summed E-state index contributed by atoms with van der Waals surface area (Å²) in [5.74, 6) is -56.1. The summed E-state index contributed by atoms with van der Waals surface area (Å²) in [6.07, 6.45) is -9.24. The Morgan fingerprint density at radius 1 is 0.484 bits per heavy atom. The Kier molecular flexibility index (Phi) is 7.77. The molecular weight excluding hydrogens is 491 g/mol. The quantitative estimate of drug-likeness (QED) is 0.163. The van der Waals surface area contributed by atoms with E-state index >= 15 is 0 Å². The maximum Gasteiger partial charge on any atom is 0.460 e. The van der Waals surface area contributed by atoms with Crippen molar-refractivity contribution in [1.82, 2.24) is 0 Å². The van der Waals surface area contributed by atoms with Crippen LogP contribution >= 0.6 is 0 Å². The number of halogens is 17. The van der Waals surface area contributed by atoms with Gasteiger partial charge in [-0.05, 0) is 12.5 Å². The zero-order valence-corrected chi connectivity index (χ0v) is 14.7. The van der Waals surface area contributed by atoms with E-state index in [-0.39, 0.29) is 18.9 Å². The van der Waals surface area contributed by atoms with E-state index in [1.165, 1.54) is 6.92 Å². The second-order valence-corrected chi connectivity index (χ2v) is 6.11. The minimum atomic E-state index is -8.59. The third-order valence-electron chi connectivity index (χ3n) is 3.80. The molecule has 0 rings (SSSR count). The lowest BCUT2D eigenvalue weighted by Gasteiger charge is -2.42. The largest absolute Gasteiger partial charge is 0.460 e. The Hall–Kier alpha value is -1.45. The highest BCUT2D eigenvalue weighted by molar-refractivity contribution is 5.17. The van der Waals surface area contributed by atoms with Crippen LogP contribution in [-0.2, 0) is 0 Å². The molecule has 0 saturated heterocycles. The summed E-state index contributed by atoms with van der Waals surface area (Å²) in [7, 11) is 0. The number of hydrogen-bond acceptors (Lipinski definition) is 0. The summed E-state index contributed by atoms with van der Waals surface area (Å²) in [5, 5.41) is 0. The predicted octanol–water partition coefficient (Wildman–Crippen LogP) is 7.74. The second kappa shape index (κ2) is 8.15. The number of hydrogen-bond donors (Lipinski definition) is 0. The normalized spacial score (nSPS) is 16.3. The van der Waals surface area contributed by atoms with E-state index in [1.54, 1.807) is 0 Å². The van der Waals surface area contributed by atoms with Crippen LogP contribution in [0.3, 0.4) is 0 Å². The average molecular weight is 502 g/mol. The highest BCUT2D eigenvalue weighted by Gasteiger charge is 2.95. The Morgan fingerprint density at radius 3 is 1.13 bits per heavy atom. The fourth-order valence-electron chi connectivity index (χ4n) is 1.83. The van der Waals surface area contributed by atoms with E-state index < -0.39 is 60.1 Å². The van der Waals surface area contributed by atoms with Crippen molar-refractivity contribution in [3.8, 4) is 0 Å². The zero-order valence-electron chi connectivity index (χ0n) is 14.7. The van der Waals surface area contributed by atoms with Crippen molar-refractivity contribution in [2.75, 3.05) is 0 Å². The Bertz CT molecular complexity index is 640. The zero-order chi connectivity index (χ0) is 25.5. The molecule has 0 aliphatic rings. The van der Waals surface area contributed by atoms with Crippen molar-refractivity contribution in [1.29, 1.82) is 0 Å². The first-order valence-corrected chi connectivity index (χ1v) is 7.70. The third-order valence-corrected chi connectivity index (χ3v) is 3.80. The number of alkyl halides is 17. The van der Waals surface area contributed by atoms with Gasteiger partial charge in [0, 0.05) is 0 Å². The molecule has 0 aromatic heterocycles. The van der Waals surface area contributed by atoms with Crippen LogP contribution in [0.1, 0.15) is 26.2 Å². The van der Waals surface area contributed by atoms with E-state index in [0.29, 0.717) is 0 Å². The van der Waals surface area contributed by atoms with Crippen LogP contribution in [0.15, 0.2) is 12.2 Å². The van der Waals surface area contributed by atoms with Gasteiger partial charge in [-0.1, -0.05) is 25.8 Å². The minimum Gasteiger partial charge on any atom is -0.195 e. The minimum absolute atomic E-state index is 0.0240. The topological polar surface area (TPSA) is 0 Å². The highest BCUT2D eigenvalue weighted by atomic mass is 19.4. The molecule has 0 fully saturated rings. The van der Waals surface area contributed by atoms with Gasteiger partial charge in [-0.25, -0.2) is 0 Å². The Labute approximate surface area is 162 Å². The van der Waals surface area contributed by atoms with Crippen LogP contribution in [-0.4, -0.2) is 47.6 Å². The van der Waals surface area contributed by atoms with Crippen LogP contribution < -0.4 is 0 Å². The molecule has 0 atom stereocenters. The third kappa shape index (κ3) is 4.28. The fourth-order valence-corrected chi connectivity index (χ4v) is 1.83. The fraction of sp³-hybridized carbons (Fsp3) is 0.857. The highest BCUT2D eigenvalue weighted by Crippen LogP contribution is 2.64. The smallest absolute Gasteiger partial charge is 0.195 e. The van der Waals surface area contributed by atoms with Gasteiger partial charge in [-0.2, -0.15) is 74.6 Å². The molecule has 0 aromatic rings. The van der Waals surface area contributed by atoms with Crippen LogP contribution in [0.5, 0.6) is 0 Å². The van der Waals surface area contributed by atoms with E-state index in [1.807, 2.05) is 0 Å². The summed E-state index contributed by atoms with van der Waals surface area (Å²) >= 11 is 0. The van der Waals surface area contributed by atoms with Gasteiger partial charge >= 0.3 is 47.6 Å². The molecule has 0 aromatic carbocycles. The van der Waals surface area contributed by atoms with E-state index in [9.17, 15) is 74.6 Å². The first-order chi connectivity index (χ1) is 13.3. The summed E-state index contributed by atoms with van der Waals surface area (Å²) < 4.78 is 220. The maximum atomic E-state index is 13.4. The molecule has 0 aliphatic carbocycles. The van der Waals surface area contributed by atoms with Crippen molar-refractivity contribution in [2.45, 2.75) is 73.8 Å². The molecule has 0 heterocycles. The standard InChI is InChI=1S/C14H11F17/c1-2-3-4-5-6-7(15,16)8(17,18)9(19,20)10(21,22)11(23,24)12(25,26)13(27,28)14(29,30)31/h5-6H,2-4H2,1H3/b6-5+. The Morgan fingerprint density at radius 2 is 0.806 bits per heavy atom. The molecule has 0 unspecified atom stereocenters. The average Bonchev–Trinajstić information content (AvgIpc) is 2.56. The van der Waals surface area contributed by atoms with Gasteiger partial charge in [0.05, 0.1) is 0 Å². The van der Waals surface area contributed by atoms with Crippen LogP contribution in [0, 0.1) is 0 Å². The summed E-state index contributed by atoms with van der Waals surface area (Å²) in [5.41, 5.74) is 0. The van der Waals surface area contributed by atoms with Crippen molar-refractivity contribution >= 4 is 0 Å². The molecule has 31 heavy (non-hydrogen) atoms. The molecule has 0 amide bonds. The van der Waals surface area contributed by atoms with Gasteiger partial charge in [-0.3, -0.25) is 0 Å².